The Hall–Kier alpha value is -2.93. The van der Waals surface area contributed by atoms with Gasteiger partial charge in [-0.15, -0.1) is 0 Å². The molecule has 0 fully saturated rings. The van der Waals surface area contributed by atoms with Crippen molar-refractivity contribution in [1.29, 1.82) is 0 Å². The van der Waals surface area contributed by atoms with Crippen LogP contribution in [0.3, 0.4) is 0 Å². The van der Waals surface area contributed by atoms with Crippen LogP contribution in [0.25, 0.3) is 0 Å². The smallest absolute Gasteiger partial charge is 0.231 e. The van der Waals surface area contributed by atoms with Gasteiger partial charge in [0.15, 0.2) is 17.5 Å². The lowest BCUT2D eigenvalue weighted by Gasteiger charge is -2.24. The molecule has 7 heteroatoms. The van der Waals surface area contributed by atoms with E-state index in [1.54, 1.807) is 0 Å². The van der Waals surface area contributed by atoms with Crippen LogP contribution in [-0.4, -0.2) is 39.9 Å². The summed E-state index contributed by atoms with van der Waals surface area (Å²) in [6.07, 6.45) is 0. The Morgan fingerprint density at radius 2 is 1.83 bits per heavy atom. The first-order chi connectivity index (χ1) is 13.9. The van der Waals surface area contributed by atoms with E-state index in [2.05, 4.69) is 41.5 Å². The van der Waals surface area contributed by atoms with E-state index in [4.69, 9.17) is 20.2 Å². The second kappa shape index (κ2) is 9.05. The van der Waals surface area contributed by atoms with Crippen molar-refractivity contribution in [3.63, 3.8) is 0 Å². The third-order valence-electron chi connectivity index (χ3n) is 4.79. The summed E-state index contributed by atoms with van der Waals surface area (Å²) in [6, 6.07) is 14.1. The van der Waals surface area contributed by atoms with Crippen molar-refractivity contribution in [3.8, 4) is 11.5 Å². The van der Waals surface area contributed by atoms with Crippen LogP contribution in [0.4, 0.5) is 11.4 Å². The molecule has 3 rings (SSSR count). The summed E-state index contributed by atoms with van der Waals surface area (Å²) >= 11 is 0. The van der Waals surface area contributed by atoms with E-state index in [-0.39, 0.29) is 12.2 Å². The number of ether oxygens (including phenoxy) is 2. The van der Waals surface area contributed by atoms with Crippen LogP contribution in [0.15, 0.2) is 47.5 Å². The van der Waals surface area contributed by atoms with Gasteiger partial charge in [-0.25, -0.2) is 4.99 Å². The van der Waals surface area contributed by atoms with Crippen LogP contribution in [0.5, 0.6) is 11.5 Å². The van der Waals surface area contributed by atoms with Crippen molar-refractivity contribution < 1.29 is 9.47 Å². The van der Waals surface area contributed by atoms with Gasteiger partial charge >= 0.3 is 0 Å². The Morgan fingerprint density at radius 1 is 1.10 bits per heavy atom. The number of anilines is 2. The average molecular weight is 398 g/mol. The molecule has 2 aromatic carbocycles. The molecule has 0 unspecified atom stereocenters. The molecule has 0 atom stereocenters. The molecule has 1 aliphatic heterocycles. The van der Waals surface area contributed by atoms with Crippen molar-refractivity contribution in [3.05, 3.63) is 48.0 Å². The van der Waals surface area contributed by atoms with Crippen molar-refractivity contribution >= 4 is 17.3 Å². The van der Waals surface area contributed by atoms with Gasteiger partial charge in [-0.05, 0) is 53.9 Å². The highest BCUT2D eigenvalue weighted by atomic mass is 16.7. The molecule has 0 aliphatic carbocycles. The predicted molar refractivity (Wildman–Crippen MR) is 119 cm³/mol. The molecular formula is C22H31N5O2. The van der Waals surface area contributed by atoms with E-state index >= 15 is 0 Å². The maximum atomic E-state index is 5.88. The molecule has 2 aromatic rings. The molecule has 0 aromatic heterocycles. The second-order valence-electron chi connectivity index (χ2n) is 8.14. The van der Waals surface area contributed by atoms with Gasteiger partial charge in [-0.1, -0.05) is 19.9 Å². The third kappa shape index (κ3) is 5.77. The highest BCUT2D eigenvalue weighted by Crippen LogP contribution is 2.32. The number of guanidine groups is 1. The van der Waals surface area contributed by atoms with Gasteiger partial charge < -0.3 is 30.7 Å². The quantitative estimate of drug-likeness (QED) is 0.492. The Morgan fingerprint density at radius 3 is 2.52 bits per heavy atom. The van der Waals surface area contributed by atoms with E-state index in [0.29, 0.717) is 25.6 Å². The Kier molecular flexibility index (Phi) is 6.49. The number of rotatable bonds is 7. The minimum atomic E-state index is -0.0318. The third-order valence-corrected chi connectivity index (χ3v) is 4.79. The van der Waals surface area contributed by atoms with Crippen LogP contribution in [0.2, 0.25) is 0 Å². The van der Waals surface area contributed by atoms with Gasteiger partial charge in [0, 0.05) is 32.0 Å². The number of hydrogen-bond donors (Lipinski definition) is 3. The number of benzene rings is 2. The van der Waals surface area contributed by atoms with Gasteiger partial charge in [0.1, 0.15) is 0 Å². The Bertz CT molecular complexity index is 847. The zero-order chi connectivity index (χ0) is 20.9. The molecule has 156 valence electrons. The predicted octanol–water partition coefficient (Wildman–Crippen LogP) is 3.02. The molecule has 1 aliphatic rings. The SMILES string of the molecule is CN(C)c1ccc(NC(=NCc2ccc3c(c2)OCO3)NCC(C)(C)CN)cc1. The van der Waals surface area contributed by atoms with Gasteiger partial charge in [0.25, 0.3) is 0 Å². The number of nitrogens with two attached hydrogens (primary N) is 1. The first-order valence-corrected chi connectivity index (χ1v) is 9.78. The number of nitrogens with one attached hydrogen (secondary N) is 2. The topological polar surface area (TPSA) is 84.1 Å². The van der Waals surface area contributed by atoms with Crippen molar-refractivity contribution in [2.75, 3.05) is 44.2 Å². The van der Waals surface area contributed by atoms with Gasteiger partial charge in [0.05, 0.1) is 6.54 Å². The van der Waals surface area contributed by atoms with E-state index < -0.39 is 0 Å². The van der Waals surface area contributed by atoms with Crippen molar-refractivity contribution in [2.45, 2.75) is 20.4 Å². The van der Waals surface area contributed by atoms with Crippen LogP contribution in [0.1, 0.15) is 19.4 Å². The fourth-order valence-electron chi connectivity index (χ4n) is 2.72. The minimum absolute atomic E-state index is 0.0318. The molecule has 0 spiro atoms. The summed E-state index contributed by atoms with van der Waals surface area (Å²) in [5.41, 5.74) is 9.01. The van der Waals surface area contributed by atoms with Crippen molar-refractivity contribution in [2.24, 2.45) is 16.1 Å². The van der Waals surface area contributed by atoms with Crippen LogP contribution < -0.4 is 30.7 Å². The molecule has 0 saturated carbocycles. The molecule has 0 amide bonds. The van der Waals surface area contributed by atoms with E-state index in [9.17, 15) is 0 Å². The summed E-state index contributed by atoms with van der Waals surface area (Å²) < 4.78 is 10.8. The lowest BCUT2D eigenvalue weighted by molar-refractivity contribution is 0.174. The van der Waals surface area contributed by atoms with E-state index in [0.717, 1.165) is 28.4 Å². The lowest BCUT2D eigenvalue weighted by atomic mass is 9.94. The van der Waals surface area contributed by atoms with Crippen molar-refractivity contribution in [1.82, 2.24) is 5.32 Å². The van der Waals surface area contributed by atoms with Crippen LogP contribution in [-0.2, 0) is 6.54 Å². The molecule has 1 heterocycles. The van der Waals surface area contributed by atoms with E-state index in [1.165, 1.54) is 0 Å². The van der Waals surface area contributed by atoms with Gasteiger partial charge in [-0.3, -0.25) is 0 Å². The van der Waals surface area contributed by atoms with Gasteiger partial charge in [0.2, 0.25) is 6.79 Å². The maximum absolute atomic E-state index is 5.88. The first kappa shape index (κ1) is 20.8. The molecule has 7 nitrogen and oxygen atoms in total. The minimum Gasteiger partial charge on any atom is -0.454 e. The van der Waals surface area contributed by atoms with E-state index in [1.807, 2.05) is 44.4 Å². The number of hydrogen-bond acceptors (Lipinski definition) is 5. The largest absolute Gasteiger partial charge is 0.454 e. The maximum Gasteiger partial charge on any atom is 0.231 e. The second-order valence-corrected chi connectivity index (χ2v) is 8.14. The van der Waals surface area contributed by atoms with Crippen LogP contribution >= 0.6 is 0 Å². The molecule has 4 N–H and O–H groups in total. The highest BCUT2D eigenvalue weighted by Gasteiger charge is 2.16. The highest BCUT2D eigenvalue weighted by molar-refractivity contribution is 5.93. The summed E-state index contributed by atoms with van der Waals surface area (Å²) in [5.74, 6) is 2.25. The fraction of sp³-hybridized carbons (Fsp3) is 0.409. The first-order valence-electron chi connectivity index (χ1n) is 9.78. The lowest BCUT2D eigenvalue weighted by Crippen LogP contribution is -2.41. The Balaban J connectivity index is 1.73. The fourth-order valence-corrected chi connectivity index (χ4v) is 2.72. The number of nitrogens with zero attached hydrogens (tertiary/aromatic N) is 2. The van der Waals surface area contributed by atoms with Crippen LogP contribution in [0, 0.1) is 5.41 Å². The van der Waals surface area contributed by atoms with Gasteiger partial charge in [-0.2, -0.15) is 0 Å². The zero-order valence-corrected chi connectivity index (χ0v) is 17.7. The Labute approximate surface area is 172 Å². The summed E-state index contributed by atoms with van der Waals surface area (Å²) in [4.78, 5) is 6.83. The zero-order valence-electron chi connectivity index (χ0n) is 17.7. The molecule has 0 bridgehead atoms. The summed E-state index contributed by atoms with van der Waals surface area (Å²) in [6.45, 7) is 6.35. The molecule has 0 radical (unpaired) electrons. The normalized spacial score (nSPS) is 13.3. The number of fused-ring (bicyclic) bond motifs is 1. The average Bonchev–Trinajstić information content (AvgIpc) is 3.18. The monoisotopic (exact) mass is 397 g/mol. The standard InChI is InChI=1S/C22H31N5O2/c1-22(2,13-23)14-25-21(26-17-6-8-18(9-7-17)27(3)4)24-12-16-5-10-19-20(11-16)29-15-28-19/h5-11H,12-15,23H2,1-4H3,(H2,24,25,26). The molecule has 29 heavy (non-hydrogen) atoms. The summed E-state index contributed by atoms with van der Waals surface area (Å²) in [7, 11) is 4.05. The number of aliphatic imine (C=N–C) groups is 1. The summed E-state index contributed by atoms with van der Waals surface area (Å²) in [5, 5.41) is 6.80. The molecular weight excluding hydrogens is 366 g/mol. The molecule has 0 saturated heterocycles.